The highest BCUT2D eigenvalue weighted by Crippen LogP contribution is 2.35. The van der Waals surface area contributed by atoms with Gasteiger partial charge in [0, 0.05) is 12.0 Å². The maximum Gasteiger partial charge on any atom is 0.225 e. The van der Waals surface area contributed by atoms with E-state index >= 15 is 0 Å². The van der Waals surface area contributed by atoms with Crippen LogP contribution in [-0.4, -0.2) is 19.0 Å². The summed E-state index contributed by atoms with van der Waals surface area (Å²) < 4.78 is 0. The minimum Gasteiger partial charge on any atom is -0.355 e. The van der Waals surface area contributed by atoms with Gasteiger partial charge in [-0.05, 0) is 31.2 Å². The van der Waals surface area contributed by atoms with Crippen LogP contribution >= 0.6 is 0 Å². The summed E-state index contributed by atoms with van der Waals surface area (Å²) in [4.78, 5) is 12.0. The first kappa shape index (κ1) is 14.5. The Labute approximate surface area is 106 Å². The second kappa shape index (κ2) is 5.85. The van der Waals surface area contributed by atoms with Gasteiger partial charge in [0.15, 0.2) is 0 Å². The molecular formula is C14H28N2O. The molecule has 3 nitrogen and oxygen atoms in total. The van der Waals surface area contributed by atoms with Crippen LogP contribution in [0.25, 0.3) is 0 Å². The van der Waals surface area contributed by atoms with E-state index in [0.717, 1.165) is 25.8 Å². The number of nitrogens with two attached hydrogens (primary N) is 1. The number of hydrogen-bond acceptors (Lipinski definition) is 2. The maximum atomic E-state index is 12.0. The predicted molar refractivity (Wildman–Crippen MR) is 71.7 cm³/mol. The monoisotopic (exact) mass is 240 g/mol. The summed E-state index contributed by atoms with van der Waals surface area (Å²) in [6.07, 6.45) is 7.02. The van der Waals surface area contributed by atoms with E-state index in [4.69, 9.17) is 5.73 Å². The van der Waals surface area contributed by atoms with Gasteiger partial charge in [0.2, 0.25) is 5.91 Å². The lowest BCUT2D eigenvalue weighted by Gasteiger charge is -2.37. The summed E-state index contributed by atoms with van der Waals surface area (Å²) in [5.41, 5.74) is 5.82. The van der Waals surface area contributed by atoms with Gasteiger partial charge < -0.3 is 11.1 Å². The van der Waals surface area contributed by atoms with Gasteiger partial charge in [0.05, 0.1) is 0 Å². The van der Waals surface area contributed by atoms with Gasteiger partial charge in [-0.1, -0.05) is 40.0 Å². The van der Waals surface area contributed by atoms with Gasteiger partial charge >= 0.3 is 0 Å². The Morgan fingerprint density at radius 3 is 2.35 bits per heavy atom. The van der Waals surface area contributed by atoms with Gasteiger partial charge in [-0.25, -0.2) is 0 Å². The molecule has 1 aliphatic rings. The second-order valence-electron chi connectivity index (χ2n) is 6.18. The van der Waals surface area contributed by atoms with Crippen molar-refractivity contribution in [3.05, 3.63) is 0 Å². The summed E-state index contributed by atoms with van der Waals surface area (Å²) in [6.45, 7) is 7.50. The predicted octanol–water partition coefficient (Wildman–Crippen LogP) is 2.45. The number of carbonyl (C=O) groups excluding carboxylic acids is 1. The van der Waals surface area contributed by atoms with Gasteiger partial charge in [0.25, 0.3) is 0 Å². The molecule has 3 N–H and O–H groups in total. The number of hydrogen-bond donors (Lipinski definition) is 2. The lowest BCUT2D eigenvalue weighted by Crippen LogP contribution is -2.47. The van der Waals surface area contributed by atoms with Crippen molar-refractivity contribution in [2.24, 2.45) is 16.6 Å². The van der Waals surface area contributed by atoms with Crippen molar-refractivity contribution < 1.29 is 4.79 Å². The zero-order chi connectivity index (χ0) is 12.9. The molecule has 0 saturated heterocycles. The SMILES string of the molecule is CCC(C)(C)C(=O)NCC1(CN)CCCCC1. The van der Waals surface area contributed by atoms with E-state index < -0.39 is 0 Å². The third kappa shape index (κ3) is 3.70. The molecule has 17 heavy (non-hydrogen) atoms. The quantitative estimate of drug-likeness (QED) is 0.775. The molecule has 3 heteroatoms. The first-order chi connectivity index (χ1) is 7.96. The smallest absolute Gasteiger partial charge is 0.225 e. The first-order valence-corrected chi connectivity index (χ1v) is 6.94. The third-order valence-electron chi connectivity index (χ3n) is 4.47. The van der Waals surface area contributed by atoms with Crippen LogP contribution in [0.4, 0.5) is 0 Å². The van der Waals surface area contributed by atoms with E-state index in [0.29, 0.717) is 6.54 Å². The third-order valence-corrected chi connectivity index (χ3v) is 4.47. The zero-order valence-electron chi connectivity index (χ0n) is 11.6. The number of nitrogens with one attached hydrogen (secondary N) is 1. The Kier molecular flexibility index (Phi) is 4.99. The largest absolute Gasteiger partial charge is 0.355 e. The van der Waals surface area contributed by atoms with Crippen molar-refractivity contribution in [3.8, 4) is 0 Å². The van der Waals surface area contributed by atoms with Crippen LogP contribution in [-0.2, 0) is 4.79 Å². The molecule has 0 aromatic rings. The average Bonchev–Trinajstić information content (AvgIpc) is 2.37. The summed E-state index contributed by atoms with van der Waals surface area (Å²) in [5.74, 6) is 0.165. The second-order valence-corrected chi connectivity index (χ2v) is 6.18. The van der Waals surface area contributed by atoms with E-state index in [9.17, 15) is 4.79 Å². The highest BCUT2D eigenvalue weighted by molar-refractivity contribution is 5.81. The molecule has 1 amide bonds. The van der Waals surface area contributed by atoms with Crippen LogP contribution in [0.1, 0.15) is 59.3 Å². The van der Waals surface area contributed by atoms with Crippen molar-refractivity contribution in [1.82, 2.24) is 5.32 Å². The minimum absolute atomic E-state index is 0.164. The molecule has 0 unspecified atom stereocenters. The Morgan fingerprint density at radius 2 is 1.88 bits per heavy atom. The van der Waals surface area contributed by atoms with E-state index in [1.165, 1.54) is 19.3 Å². The van der Waals surface area contributed by atoms with E-state index in [2.05, 4.69) is 12.2 Å². The van der Waals surface area contributed by atoms with Gasteiger partial charge in [-0.3, -0.25) is 4.79 Å². The van der Waals surface area contributed by atoms with Crippen LogP contribution in [0, 0.1) is 10.8 Å². The molecule has 0 aromatic heterocycles. The Hall–Kier alpha value is -0.570. The molecule has 1 fully saturated rings. The van der Waals surface area contributed by atoms with Crippen molar-refractivity contribution in [1.29, 1.82) is 0 Å². The number of rotatable bonds is 5. The first-order valence-electron chi connectivity index (χ1n) is 6.94. The molecule has 0 aromatic carbocycles. The van der Waals surface area contributed by atoms with Crippen molar-refractivity contribution >= 4 is 5.91 Å². The fourth-order valence-corrected chi connectivity index (χ4v) is 2.42. The molecule has 0 atom stereocenters. The fraction of sp³-hybridized carbons (Fsp3) is 0.929. The highest BCUT2D eigenvalue weighted by Gasteiger charge is 2.33. The minimum atomic E-state index is -0.259. The van der Waals surface area contributed by atoms with Crippen molar-refractivity contribution in [2.45, 2.75) is 59.3 Å². The average molecular weight is 240 g/mol. The summed E-state index contributed by atoms with van der Waals surface area (Å²) >= 11 is 0. The normalized spacial score (nSPS) is 20.0. The summed E-state index contributed by atoms with van der Waals surface area (Å²) in [6, 6.07) is 0. The molecule has 1 aliphatic carbocycles. The molecule has 0 bridgehead atoms. The molecule has 0 spiro atoms. The van der Waals surface area contributed by atoms with Crippen molar-refractivity contribution in [2.75, 3.05) is 13.1 Å². The number of amides is 1. The molecule has 0 heterocycles. The highest BCUT2D eigenvalue weighted by atomic mass is 16.2. The summed E-state index contributed by atoms with van der Waals surface area (Å²) in [5, 5.41) is 3.12. The molecule has 0 aliphatic heterocycles. The van der Waals surface area contributed by atoms with E-state index in [1.54, 1.807) is 0 Å². The topological polar surface area (TPSA) is 55.1 Å². The van der Waals surface area contributed by atoms with Crippen molar-refractivity contribution in [3.63, 3.8) is 0 Å². The maximum absolute atomic E-state index is 12.0. The van der Waals surface area contributed by atoms with Crippen LogP contribution in [0.15, 0.2) is 0 Å². The van der Waals surface area contributed by atoms with Gasteiger partial charge in [-0.15, -0.1) is 0 Å². The number of carbonyl (C=O) groups is 1. The van der Waals surface area contributed by atoms with Crippen LogP contribution < -0.4 is 11.1 Å². The lowest BCUT2D eigenvalue weighted by atomic mass is 9.74. The van der Waals surface area contributed by atoms with E-state index in [1.807, 2.05) is 13.8 Å². The molecule has 100 valence electrons. The van der Waals surface area contributed by atoms with Gasteiger partial charge in [0.1, 0.15) is 0 Å². The fourth-order valence-electron chi connectivity index (χ4n) is 2.42. The molecule has 1 saturated carbocycles. The van der Waals surface area contributed by atoms with E-state index in [-0.39, 0.29) is 16.7 Å². The molecule has 0 radical (unpaired) electrons. The summed E-state index contributed by atoms with van der Waals surface area (Å²) in [7, 11) is 0. The Bertz CT molecular complexity index is 255. The van der Waals surface area contributed by atoms with Crippen LogP contribution in [0.5, 0.6) is 0 Å². The molecular weight excluding hydrogens is 212 g/mol. The zero-order valence-corrected chi connectivity index (χ0v) is 11.6. The Morgan fingerprint density at radius 1 is 1.29 bits per heavy atom. The Balaban J connectivity index is 2.50. The lowest BCUT2D eigenvalue weighted by molar-refractivity contribution is -0.130. The van der Waals surface area contributed by atoms with Gasteiger partial charge in [-0.2, -0.15) is 0 Å². The molecule has 1 rings (SSSR count). The van der Waals surface area contributed by atoms with Crippen LogP contribution in [0.2, 0.25) is 0 Å². The standard InChI is InChI=1S/C14H28N2O/c1-4-13(2,3)12(17)16-11-14(10-15)8-6-5-7-9-14/h4-11,15H2,1-3H3,(H,16,17). The van der Waals surface area contributed by atoms with Crippen LogP contribution in [0.3, 0.4) is 0 Å².